The third kappa shape index (κ3) is 3.11. The minimum Gasteiger partial charge on any atom is -0.492 e. The second-order valence-corrected chi connectivity index (χ2v) is 6.96. The standard InChI is InChI=1S/C20H27NO4/c1-22-14-6-5-13-7-9-21-8-3-4-15-17(16(13)10-14)11-18-20(19(15)23-2)25-12-24-18/h11,14,21H,3-10,12H2,1-2H3/t14-/m0/s1. The van der Waals surface area contributed by atoms with Crippen LogP contribution in [0.2, 0.25) is 0 Å². The van der Waals surface area contributed by atoms with Gasteiger partial charge < -0.3 is 24.3 Å². The van der Waals surface area contributed by atoms with Crippen LogP contribution in [-0.4, -0.2) is 40.2 Å². The smallest absolute Gasteiger partial charge is 0.231 e. The predicted octanol–water partition coefficient (Wildman–Crippen LogP) is 3.30. The monoisotopic (exact) mass is 345 g/mol. The van der Waals surface area contributed by atoms with E-state index in [4.69, 9.17) is 18.9 Å². The van der Waals surface area contributed by atoms with Gasteiger partial charge in [-0.05, 0) is 68.8 Å². The van der Waals surface area contributed by atoms with E-state index in [1.165, 1.54) is 16.7 Å². The highest BCUT2D eigenvalue weighted by Crippen LogP contribution is 2.49. The first-order valence-electron chi connectivity index (χ1n) is 9.26. The first-order valence-corrected chi connectivity index (χ1v) is 9.26. The Labute approximate surface area is 149 Å². The van der Waals surface area contributed by atoms with Crippen molar-refractivity contribution in [2.24, 2.45) is 0 Å². The Morgan fingerprint density at radius 3 is 2.88 bits per heavy atom. The quantitative estimate of drug-likeness (QED) is 0.891. The summed E-state index contributed by atoms with van der Waals surface area (Å²) in [5.41, 5.74) is 5.50. The second kappa shape index (κ2) is 7.26. The lowest BCUT2D eigenvalue weighted by atomic mass is 9.81. The van der Waals surface area contributed by atoms with Crippen LogP contribution in [0, 0.1) is 0 Å². The number of methoxy groups -OCH3 is 2. The molecule has 2 aliphatic heterocycles. The first-order chi connectivity index (χ1) is 12.3. The van der Waals surface area contributed by atoms with Gasteiger partial charge in [0.05, 0.1) is 13.2 Å². The van der Waals surface area contributed by atoms with Crippen molar-refractivity contribution in [3.63, 3.8) is 0 Å². The Morgan fingerprint density at radius 2 is 2.04 bits per heavy atom. The molecule has 5 heteroatoms. The fraction of sp³-hybridized carbons (Fsp3) is 0.600. The Balaban J connectivity index is 1.88. The van der Waals surface area contributed by atoms with Gasteiger partial charge in [-0.15, -0.1) is 0 Å². The Kier molecular flexibility index (Phi) is 4.86. The van der Waals surface area contributed by atoms with Crippen LogP contribution in [-0.2, 0) is 11.2 Å². The summed E-state index contributed by atoms with van der Waals surface area (Å²) in [6.07, 6.45) is 6.61. The summed E-state index contributed by atoms with van der Waals surface area (Å²) in [7, 11) is 3.54. The summed E-state index contributed by atoms with van der Waals surface area (Å²) in [6.45, 7) is 2.34. The summed E-state index contributed by atoms with van der Waals surface area (Å²) in [5.74, 6) is 2.40. The zero-order valence-electron chi connectivity index (χ0n) is 15.2. The molecule has 2 heterocycles. The van der Waals surface area contributed by atoms with Gasteiger partial charge in [-0.25, -0.2) is 0 Å². The topological polar surface area (TPSA) is 49.0 Å². The highest BCUT2D eigenvalue weighted by Gasteiger charge is 2.30. The maximum Gasteiger partial charge on any atom is 0.231 e. The largest absolute Gasteiger partial charge is 0.492 e. The molecule has 1 atom stereocenters. The van der Waals surface area contributed by atoms with Gasteiger partial charge in [0.1, 0.15) is 0 Å². The number of hydrogen-bond donors (Lipinski definition) is 1. The van der Waals surface area contributed by atoms with Crippen molar-refractivity contribution in [1.29, 1.82) is 0 Å². The fourth-order valence-electron chi connectivity index (χ4n) is 4.28. The third-order valence-corrected chi connectivity index (χ3v) is 5.60. The molecule has 25 heavy (non-hydrogen) atoms. The number of fused-ring (bicyclic) bond motifs is 3. The summed E-state index contributed by atoms with van der Waals surface area (Å²) in [5, 5.41) is 3.57. The van der Waals surface area contributed by atoms with E-state index in [1.807, 2.05) is 7.11 Å². The van der Waals surface area contributed by atoms with Crippen molar-refractivity contribution < 1.29 is 18.9 Å². The van der Waals surface area contributed by atoms with Crippen LogP contribution in [0.5, 0.6) is 17.2 Å². The molecule has 0 fully saturated rings. The molecule has 0 saturated heterocycles. The summed E-state index contributed by atoms with van der Waals surface area (Å²) in [6, 6.07) is 2.17. The van der Waals surface area contributed by atoms with E-state index in [-0.39, 0.29) is 6.79 Å². The van der Waals surface area contributed by atoms with Crippen LogP contribution in [0.1, 0.15) is 43.2 Å². The number of benzene rings is 1. The Bertz CT molecular complexity index is 683. The minimum atomic E-state index is 0.267. The van der Waals surface area contributed by atoms with Gasteiger partial charge in [0.15, 0.2) is 11.5 Å². The van der Waals surface area contributed by atoms with Crippen molar-refractivity contribution in [2.75, 3.05) is 34.1 Å². The van der Waals surface area contributed by atoms with Gasteiger partial charge in [0, 0.05) is 12.7 Å². The Morgan fingerprint density at radius 1 is 1.12 bits per heavy atom. The highest BCUT2D eigenvalue weighted by molar-refractivity contribution is 5.78. The van der Waals surface area contributed by atoms with Gasteiger partial charge in [0.25, 0.3) is 0 Å². The van der Waals surface area contributed by atoms with Gasteiger partial charge in [0.2, 0.25) is 12.5 Å². The van der Waals surface area contributed by atoms with Crippen molar-refractivity contribution in [3.05, 3.63) is 22.8 Å². The van der Waals surface area contributed by atoms with Crippen molar-refractivity contribution in [2.45, 2.75) is 44.6 Å². The normalized spacial score (nSPS) is 23.0. The second-order valence-electron chi connectivity index (χ2n) is 6.96. The van der Waals surface area contributed by atoms with Crippen LogP contribution in [0.4, 0.5) is 0 Å². The van der Waals surface area contributed by atoms with E-state index in [0.29, 0.717) is 6.10 Å². The molecule has 136 valence electrons. The van der Waals surface area contributed by atoms with Gasteiger partial charge in [-0.2, -0.15) is 0 Å². The predicted molar refractivity (Wildman–Crippen MR) is 96.5 cm³/mol. The van der Waals surface area contributed by atoms with E-state index in [1.54, 1.807) is 12.7 Å². The molecule has 5 nitrogen and oxygen atoms in total. The molecule has 1 aromatic carbocycles. The van der Waals surface area contributed by atoms with Crippen molar-refractivity contribution >= 4 is 5.57 Å². The molecule has 0 aromatic heterocycles. The van der Waals surface area contributed by atoms with Crippen LogP contribution < -0.4 is 19.5 Å². The van der Waals surface area contributed by atoms with E-state index in [0.717, 1.165) is 68.9 Å². The maximum atomic E-state index is 5.78. The van der Waals surface area contributed by atoms with Crippen molar-refractivity contribution in [1.82, 2.24) is 5.32 Å². The zero-order chi connectivity index (χ0) is 17.2. The van der Waals surface area contributed by atoms with Crippen molar-refractivity contribution in [3.8, 4) is 17.2 Å². The molecular formula is C20H27NO4. The molecule has 0 unspecified atom stereocenters. The summed E-state index contributed by atoms with van der Waals surface area (Å²) in [4.78, 5) is 0. The molecule has 1 aromatic rings. The van der Waals surface area contributed by atoms with E-state index >= 15 is 0 Å². The molecule has 0 radical (unpaired) electrons. The van der Waals surface area contributed by atoms with Crippen LogP contribution in [0.25, 0.3) is 5.57 Å². The van der Waals surface area contributed by atoms with E-state index < -0.39 is 0 Å². The SMILES string of the molecule is COc1c2c(cc3c1OCO3)C1=C(CCNCCC2)CC[C@H](OC)C1. The van der Waals surface area contributed by atoms with Crippen LogP contribution in [0.3, 0.4) is 0 Å². The zero-order valence-corrected chi connectivity index (χ0v) is 15.2. The fourth-order valence-corrected chi connectivity index (χ4v) is 4.28. The number of ether oxygens (including phenoxy) is 4. The molecule has 0 bridgehead atoms. The molecule has 0 spiro atoms. The molecule has 0 amide bonds. The van der Waals surface area contributed by atoms with Crippen LogP contribution >= 0.6 is 0 Å². The summed E-state index contributed by atoms with van der Waals surface area (Å²) >= 11 is 0. The number of nitrogens with one attached hydrogen (secondary N) is 1. The molecule has 1 aliphatic carbocycles. The van der Waals surface area contributed by atoms with Gasteiger partial charge >= 0.3 is 0 Å². The third-order valence-electron chi connectivity index (χ3n) is 5.60. The highest BCUT2D eigenvalue weighted by atomic mass is 16.7. The van der Waals surface area contributed by atoms with Gasteiger partial charge in [-0.3, -0.25) is 0 Å². The molecule has 3 aliphatic rings. The number of hydrogen-bond acceptors (Lipinski definition) is 5. The Hall–Kier alpha value is -1.72. The lowest BCUT2D eigenvalue weighted by Crippen LogP contribution is -2.23. The average molecular weight is 345 g/mol. The molecule has 4 rings (SSSR count). The van der Waals surface area contributed by atoms with Gasteiger partial charge in [-0.1, -0.05) is 5.57 Å². The minimum absolute atomic E-state index is 0.267. The molecule has 0 saturated carbocycles. The average Bonchev–Trinajstić information content (AvgIpc) is 3.12. The maximum absolute atomic E-state index is 5.78. The molecular weight excluding hydrogens is 318 g/mol. The van der Waals surface area contributed by atoms with Crippen LogP contribution in [0.15, 0.2) is 11.6 Å². The number of rotatable bonds is 2. The lowest BCUT2D eigenvalue weighted by Gasteiger charge is -2.29. The first kappa shape index (κ1) is 16.7. The summed E-state index contributed by atoms with van der Waals surface area (Å²) < 4.78 is 22.9. The van der Waals surface area contributed by atoms with E-state index in [2.05, 4.69) is 11.4 Å². The van der Waals surface area contributed by atoms with E-state index in [9.17, 15) is 0 Å². The lowest BCUT2D eigenvalue weighted by molar-refractivity contribution is 0.0961. The molecule has 1 N–H and O–H groups in total.